The number of hydrogen-bond acceptors (Lipinski definition) is 7. The van der Waals surface area contributed by atoms with E-state index in [2.05, 4.69) is 9.88 Å². The van der Waals surface area contributed by atoms with Gasteiger partial charge in [-0.3, -0.25) is 4.79 Å². The van der Waals surface area contributed by atoms with Crippen LogP contribution in [0.25, 0.3) is 0 Å². The van der Waals surface area contributed by atoms with Crippen LogP contribution >= 0.6 is 11.6 Å². The first-order valence-electron chi connectivity index (χ1n) is 14.2. The number of aromatic nitrogens is 3. The van der Waals surface area contributed by atoms with Crippen molar-refractivity contribution in [1.29, 1.82) is 0 Å². The van der Waals surface area contributed by atoms with Crippen LogP contribution in [0.4, 0.5) is 21.7 Å². The van der Waals surface area contributed by atoms with Crippen LogP contribution in [-0.4, -0.2) is 68.6 Å². The molecule has 0 unspecified atom stereocenters. The van der Waals surface area contributed by atoms with Crippen LogP contribution in [0.5, 0.6) is 0 Å². The summed E-state index contributed by atoms with van der Waals surface area (Å²) in [6.07, 6.45) is 4.48. The van der Waals surface area contributed by atoms with Gasteiger partial charge in [0.15, 0.2) is 5.82 Å². The second-order valence-corrected chi connectivity index (χ2v) is 12.8. The third-order valence-electron chi connectivity index (χ3n) is 9.29. The Morgan fingerprint density at radius 3 is 2.38 bits per heavy atom. The van der Waals surface area contributed by atoms with Gasteiger partial charge in [0.1, 0.15) is 17.3 Å². The van der Waals surface area contributed by atoms with Crippen molar-refractivity contribution in [2.75, 3.05) is 36.0 Å². The van der Waals surface area contributed by atoms with Crippen LogP contribution in [0.3, 0.4) is 0 Å². The Morgan fingerprint density at radius 2 is 1.76 bits per heavy atom. The van der Waals surface area contributed by atoms with Crippen molar-refractivity contribution in [3.05, 3.63) is 69.0 Å². The van der Waals surface area contributed by atoms with E-state index in [4.69, 9.17) is 21.6 Å². The molecule has 1 spiro atoms. The first-order chi connectivity index (χ1) is 19.8. The molecule has 1 saturated heterocycles. The van der Waals surface area contributed by atoms with Crippen LogP contribution in [0, 0.1) is 26.6 Å². The van der Waals surface area contributed by atoms with Gasteiger partial charge in [0.05, 0.1) is 33.7 Å². The molecule has 1 saturated carbocycles. The third kappa shape index (κ3) is 4.38. The zero-order valence-corrected chi connectivity index (χ0v) is 25.2. The lowest BCUT2D eigenvalue weighted by molar-refractivity contribution is 0.0505. The molecule has 4 heterocycles. The molecule has 2 fully saturated rings. The monoisotopic (exact) mass is 592 g/mol. The lowest BCUT2D eigenvalue weighted by Crippen LogP contribution is -2.61. The van der Waals surface area contributed by atoms with E-state index in [1.165, 1.54) is 12.3 Å². The molecule has 1 aromatic carbocycles. The summed E-state index contributed by atoms with van der Waals surface area (Å²) in [6, 6.07) is 4.75. The van der Waals surface area contributed by atoms with Crippen molar-refractivity contribution >= 4 is 40.8 Å². The Labute approximate surface area is 249 Å². The van der Waals surface area contributed by atoms with Crippen molar-refractivity contribution in [3.63, 3.8) is 0 Å². The minimum atomic E-state index is -0.981. The van der Waals surface area contributed by atoms with Crippen LogP contribution in [-0.2, 0) is 5.41 Å². The summed E-state index contributed by atoms with van der Waals surface area (Å²) >= 11 is 5.93. The predicted molar refractivity (Wildman–Crippen MR) is 159 cm³/mol. The Balaban J connectivity index is 1.27. The molecule has 42 heavy (non-hydrogen) atoms. The van der Waals surface area contributed by atoms with Gasteiger partial charge in [-0.25, -0.2) is 24.1 Å². The summed E-state index contributed by atoms with van der Waals surface area (Å²) in [5.74, 6) is -0.239. The predicted octanol–water partition coefficient (Wildman–Crippen LogP) is 5.60. The van der Waals surface area contributed by atoms with Crippen LogP contribution in [0.2, 0.25) is 5.02 Å². The van der Waals surface area contributed by atoms with Crippen molar-refractivity contribution in [1.82, 2.24) is 19.9 Å². The fourth-order valence-corrected chi connectivity index (χ4v) is 6.87. The highest BCUT2D eigenvalue weighted by Gasteiger charge is 2.50. The molecule has 3 aromatic rings. The van der Waals surface area contributed by atoms with Gasteiger partial charge in [0.25, 0.3) is 5.91 Å². The Bertz CT molecular complexity index is 1640. The highest BCUT2D eigenvalue weighted by Crippen LogP contribution is 2.53. The number of piperazine rings is 1. The number of carboxylic acids is 1. The lowest BCUT2D eigenvalue weighted by Gasteiger charge is -2.47. The number of hydrogen-bond donors (Lipinski definition) is 1. The normalized spacial score (nSPS) is 18.7. The topological polar surface area (TPSA) is 103 Å². The molecule has 1 amide bonds. The Hall–Kier alpha value is -3.79. The molecule has 9 nitrogen and oxygen atoms in total. The molecule has 220 valence electrons. The van der Waals surface area contributed by atoms with E-state index in [-0.39, 0.29) is 21.9 Å². The Morgan fingerprint density at radius 1 is 1.02 bits per heavy atom. The fraction of sp³-hybridized carbons (Fsp3) is 0.452. The number of amides is 1. The summed E-state index contributed by atoms with van der Waals surface area (Å²) in [6.45, 7) is 11.6. The summed E-state index contributed by atoms with van der Waals surface area (Å²) in [5.41, 5.74) is 3.26. The number of rotatable bonds is 4. The number of halogens is 2. The number of aryl methyl sites for hydroxylation is 1. The maximum Gasteiger partial charge on any atom is 0.337 e. The minimum Gasteiger partial charge on any atom is -0.478 e. The smallest absolute Gasteiger partial charge is 0.337 e. The summed E-state index contributed by atoms with van der Waals surface area (Å²) < 4.78 is 14.3. The van der Waals surface area contributed by atoms with Gasteiger partial charge >= 0.3 is 5.97 Å². The number of pyridine rings is 1. The molecule has 1 N–H and O–H groups in total. The number of benzene rings is 1. The van der Waals surface area contributed by atoms with E-state index in [0.717, 1.165) is 36.3 Å². The largest absolute Gasteiger partial charge is 0.478 e. The first-order valence-corrected chi connectivity index (χ1v) is 14.6. The number of carbonyl (C=O) groups is 2. The van der Waals surface area contributed by atoms with Gasteiger partial charge in [-0.2, -0.15) is 0 Å². The van der Waals surface area contributed by atoms with Gasteiger partial charge in [0.2, 0.25) is 0 Å². The van der Waals surface area contributed by atoms with Crippen molar-refractivity contribution in [2.24, 2.45) is 0 Å². The Kier molecular flexibility index (Phi) is 6.68. The van der Waals surface area contributed by atoms with Crippen LogP contribution < -0.4 is 9.80 Å². The molecule has 11 heteroatoms. The highest BCUT2D eigenvalue weighted by atomic mass is 35.5. The molecule has 2 aromatic heterocycles. The van der Waals surface area contributed by atoms with Gasteiger partial charge in [-0.1, -0.05) is 18.0 Å². The number of nitrogens with zero attached hydrogens (tertiary/aromatic N) is 6. The zero-order chi connectivity index (χ0) is 30.1. The van der Waals surface area contributed by atoms with Gasteiger partial charge in [-0.05, 0) is 76.8 Å². The van der Waals surface area contributed by atoms with E-state index in [0.29, 0.717) is 54.6 Å². The number of carbonyl (C=O) groups excluding carboxylic acids is 1. The van der Waals surface area contributed by atoms with E-state index in [1.807, 2.05) is 37.5 Å². The number of aromatic carboxylic acids is 1. The molecular formula is C31H34ClFN6O3. The standard InChI is InChI=1S/C31H34ClFN6O3/c1-17-18(2)26(35-19(3)24(17)29(41)42)37-11-12-39(30(4,5)15-37)28(40)23-14-34-27-25(36-23)31(9-6-10-31)16-38(27)20-7-8-21(32)22(33)13-20/h7-8,13-14H,6,9-12,15-16H2,1-5H3,(H,41,42). The van der Waals surface area contributed by atoms with Crippen LogP contribution in [0.15, 0.2) is 24.4 Å². The average Bonchev–Trinajstić information content (AvgIpc) is 3.27. The lowest BCUT2D eigenvalue weighted by atomic mass is 9.68. The molecule has 1 aliphatic carbocycles. The molecule has 3 aliphatic rings. The van der Waals surface area contributed by atoms with Gasteiger partial charge in [0, 0.05) is 37.3 Å². The summed E-state index contributed by atoms with van der Waals surface area (Å²) in [5, 5.41) is 9.70. The second-order valence-electron chi connectivity index (χ2n) is 12.4. The van der Waals surface area contributed by atoms with Crippen molar-refractivity contribution in [3.8, 4) is 0 Å². The molecule has 2 aliphatic heterocycles. The maximum atomic E-state index is 14.3. The summed E-state index contributed by atoms with van der Waals surface area (Å²) in [4.78, 5) is 46.0. The molecule has 0 atom stereocenters. The molecule has 0 bridgehead atoms. The van der Waals surface area contributed by atoms with Gasteiger partial charge in [-0.15, -0.1) is 0 Å². The average molecular weight is 593 g/mol. The SMILES string of the molecule is Cc1nc(N2CCN(C(=O)c3cnc4c(n3)C3(CCC3)CN4c3ccc(Cl)c(F)c3)C(C)(C)C2)c(C)c(C)c1C(=O)O. The van der Waals surface area contributed by atoms with Gasteiger partial charge < -0.3 is 19.8 Å². The van der Waals surface area contributed by atoms with E-state index in [1.54, 1.807) is 19.1 Å². The molecule has 6 rings (SSSR count). The van der Waals surface area contributed by atoms with Crippen molar-refractivity contribution in [2.45, 2.75) is 64.8 Å². The summed E-state index contributed by atoms with van der Waals surface area (Å²) in [7, 11) is 0. The van der Waals surface area contributed by atoms with Crippen molar-refractivity contribution < 1.29 is 19.1 Å². The first kappa shape index (κ1) is 28.3. The third-order valence-corrected chi connectivity index (χ3v) is 9.59. The minimum absolute atomic E-state index is 0.0692. The molecule has 0 radical (unpaired) electrons. The number of anilines is 3. The quantitative estimate of drug-likeness (QED) is 0.417. The number of fused-ring (bicyclic) bond motifs is 2. The van der Waals surface area contributed by atoms with E-state index >= 15 is 0 Å². The number of carboxylic acid groups (broad SMARTS) is 1. The highest BCUT2D eigenvalue weighted by molar-refractivity contribution is 6.30. The maximum absolute atomic E-state index is 14.3. The molecular weight excluding hydrogens is 559 g/mol. The zero-order valence-electron chi connectivity index (χ0n) is 24.5. The fourth-order valence-electron chi connectivity index (χ4n) is 6.76. The van der Waals surface area contributed by atoms with E-state index < -0.39 is 17.3 Å². The van der Waals surface area contributed by atoms with E-state index in [9.17, 15) is 19.1 Å². The van der Waals surface area contributed by atoms with Crippen LogP contribution in [0.1, 0.15) is 76.5 Å². The second kappa shape index (κ2) is 9.90.